The molecule has 8 heteroatoms. The molecule has 0 aliphatic rings. The SMILES string of the molecule is CCN(CC)C(=O)COc1ccc(NC(=O)c2cccc(Cl)c2Cl)cc1Cl. The van der Waals surface area contributed by atoms with Crippen molar-refractivity contribution in [3.05, 3.63) is 57.0 Å². The Bertz CT molecular complexity index is 839. The molecular weight excluding hydrogens is 411 g/mol. The van der Waals surface area contributed by atoms with Crippen LogP contribution in [-0.4, -0.2) is 36.4 Å². The van der Waals surface area contributed by atoms with Crippen LogP contribution < -0.4 is 10.1 Å². The molecule has 27 heavy (non-hydrogen) atoms. The minimum atomic E-state index is -0.413. The minimum Gasteiger partial charge on any atom is -0.482 e. The van der Waals surface area contributed by atoms with Crippen molar-refractivity contribution in [2.45, 2.75) is 13.8 Å². The molecule has 0 unspecified atom stereocenters. The molecule has 0 aliphatic carbocycles. The van der Waals surface area contributed by atoms with Crippen molar-refractivity contribution in [2.75, 3.05) is 25.0 Å². The third-order valence-electron chi connectivity index (χ3n) is 3.85. The minimum absolute atomic E-state index is 0.106. The molecule has 0 fully saturated rings. The van der Waals surface area contributed by atoms with Gasteiger partial charge in [0.1, 0.15) is 5.75 Å². The number of halogens is 3. The van der Waals surface area contributed by atoms with Gasteiger partial charge in [-0.3, -0.25) is 9.59 Å². The lowest BCUT2D eigenvalue weighted by molar-refractivity contribution is -0.132. The maximum absolute atomic E-state index is 12.4. The molecule has 144 valence electrons. The molecule has 2 amide bonds. The van der Waals surface area contributed by atoms with E-state index in [-0.39, 0.29) is 28.1 Å². The lowest BCUT2D eigenvalue weighted by atomic mass is 10.2. The highest BCUT2D eigenvalue weighted by Gasteiger charge is 2.15. The van der Waals surface area contributed by atoms with Crippen LogP contribution in [0.5, 0.6) is 5.75 Å². The Balaban J connectivity index is 2.05. The second kappa shape index (κ2) is 9.83. The van der Waals surface area contributed by atoms with Crippen LogP contribution in [0, 0.1) is 0 Å². The van der Waals surface area contributed by atoms with E-state index in [4.69, 9.17) is 39.5 Å². The van der Waals surface area contributed by atoms with E-state index < -0.39 is 5.91 Å². The Morgan fingerprint density at radius 1 is 1.04 bits per heavy atom. The van der Waals surface area contributed by atoms with Crippen LogP contribution in [0.25, 0.3) is 0 Å². The standard InChI is InChI=1S/C19H19Cl3N2O3/c1-3-24(4-2)17(25)11-27-16-9-8-12(10-15(16)21)23-19(26)13-6-5-7-14(20)18(13)22/h5-10H,3-4,11H2,1-2H3,(H,23,26). The van der Waals surface area contributed by atoms with Crippen molar-refractivity contribution < 1.29 is 14.3 Å². The summed E-state index contributed by atoms with van der Waals surface area (Å²) in [6.45, 7) is 4.92. The molecule has 0 bridgehead atoms. The summed E-state index contributed by atoms with van der Waals surface area (Å²) in [7, 11) is 0. The molecule has 0 saturated carbocycles. The van der Waals surface area contributed by atoms with E-state index >= 15 is 0 Å². The lowest BCUT2D eigenvalue weighted by Crippen LogP contribution is -2.34. The van der Waals surface area contributed by atoms with Crippen molar-refractivity contribution in [1.29, 1.82) is 0 Å². The van der Waals surface area contributed by atoms with Gasteiger partial charge in [-0.05, 0) is 44.2 Å². The van der Waals surface area contributed by atoms with E-state index in [1.54, 1.807) is 35.2 Å². The number of benzene rings is 2. The number of rotatable bonds is 7. The van der Waals surface area contributed by atoms with Crippen LogP contribution >= 0.6 is 34.8 Å². The molecular formula is C19H19Cl3N2O3. The number of amides is 2. The average Bonchev–Trinajstić information content (AvgIpc) is 2.64. The van der Waals surface area contributed by atoms with Crippen LogP contribution in [0.4, 0.5) is 5.69 Å². The fourth-order valence-electron chi connectivity index (χ4n) is 2.38. The van der Waals surface area contributed by atoms with Gasteiger partial charge >= 0.3 is 0 Å². The second-order valence-electron chi connectivity index (χ2n) is 5.56. The number of carbonyl (C=O) groups excluding carboxylic acids is 2. The largest absolute Gasteiger partial charge is 0.482 e. The summed E-state index contributed by atoms with van der Waals surface area (Å²) in [6, 6.07) is 9.56. The van der Waals surface area contributed by atoms with Gasteiger partial charge in [0.25, 0.3) is 11.8 Å². The van der Waals surface area contributed by atoms with Gasteiger partial charge in [0.05, 0.1) is 20.6 Å². The Hall–Kier alpha value is -1.95. The first-order valence-corrected chi connectivity index (χ1v) is 9.46. The normalized spacial score (nSPS) is 10.4. The summed E-state index contributed by atoms with van der Waals surface area (Å²) in [5.74, 6) is -0.177. The summed E-state index contributed by atoms with van der Waals surface area (Å²) in [6.07, 6.45) is 0. The molecule has 2 aromatic rings. The third kappa shape index (κ3) is 5.51. The summed E-state index contributed by atoms with van der Waals surface area (Å²) in [5, 5.41) is 3.45. The Morgan fingerprint density at radius 3 is 2.37 bits per heavy atom. The first-order chi connectivity index (χ1) is 12.9. The molecule has 5 nitrogen and oxygen atoms in total. The number of anilines is 1. The number of carbonyl (C=O) groups is 2. The van der Waals surface area contributed by atoms with Crippen molar-refractivity contribution in [3.63, 3.8) is 0 Å². The van der Waals surface area contributed by atoms with Crippen molar-refractivity contribution in [2.24, 2.45) is 0 Å². The van der Waals surface area contributed by atoms with Crippen LogP contribution in [0.3, 0.4) is 0 Å². The molecule has 0 aliphatic heterocycles. The summed E-state index contributed by atoms with van der Waals surface area (Å²) < 4.78 is 5.49. The maximum atomic E-state index is 12.4. The highest BCUT2D eigenvalue weighted by molar-refractivity contribution is 6.44. The average molecular weight is 430 g/mol. The van der Waals surface area contributed by atoms with Gasteiger partial charge in [-0.25, -0.2) is 0 Å². The van der Waals surface area contributed by atoms with Gasteiger partial charge in [0.2, 0.25) is 0 Å². The van der Waals surface area contributed by atoms with Crippen LogP contribution in [0.1, 0.15) is 24.2 Å². The van der Waals surface area contributed by atoms with E-state index in [9.17, 15) is 9.59 Å². The fraction of sp³-hybridized carbons (Fsp3) is 0.263. The number of ether oxygens (including phenoxy) is 1. The number of hydrogen-bond acceptors (Lipinski definition) is 3. The molecule has 2 rings (SSSR count). The summed E-state index contributed by atoms with van der Waals surface area (Å²) in [5.41, 5.74) is 0.717. The number of likely N-dealkylation sites (N-methyl/N-ethyl adjacent to an activating group) is 1. The zero-order valence-corrected chi connectivity index (χ0v) is 17.2. The zero-order valence-electron chi connectivity index (χ0n) is 14.9. The molecule has 0 saturated heterocycles. The fourth-order valence-corrected chi connectivity index (χ4v) is 3.00. The summed E-state index contributed by atoms with van der Waals surface area (Å²) >= 11 is 18.2. The topological polar surface area (TPSA) is 58.6 Å². The van der Waals surface area contributed by atoms with Crippen molar-refractivity contribution >= 4 is 52.3 Å². The van der Waals surface area contributed by atoms with Crippen LogP contribution in [0.15, 0.2) is 36.4 Å². The molecule has 0 atom stereocenters. The zero-order chi connectivity index (χ0) is 20.0. The summed E-state index contributed by atoms with van der Waals surface area (Å²) in [4.78, 5) is 26.0. The number of hydrogen-bond donors (Lipinski definition) is 1. The number of nitrogens with zero attached hydrogens (tertiary/aromatic N) is 1. The van der Waals surface area contributed by atoms with Crippen molar-refractivity contribution in [1.82, 2.24) is 4.90 Å². The van der Waals surface area contributed by atoms with Crippen molar-refractivity contribution in [3.8, 4) is 5.75 Å². The predicted octanol–water partition coefficient (Wildman–Crippen LogP) is 5.15. The highest BCUT2D eigenvalue weighted by atomic mass is 35.5. The van der Waals surface area contributed by atoms with Gasteiger partial charge in [0.15, 0.2) is 6.61 Å². The highest BCUT2D eigenvalue weighted by Crippen LogP contribution is 2.29. The van der Waals surface area contributed by atoms with E-state index in [0.717, 1.165) is 0 Å². The first-order valence-electron chi connectivity index (χ1n) is 8.32. The predicted molar refractivity (Wildman–Crippen MR) is 109 cm³/mol. The van der Waals surface area contributed by atoms with Gasteiger partial charge in [-0.15, -0.1) is 0 Å². The Labute approximate surface area is 173 Å². The van der Waals surface area contributed by atoms with E-state index in [1.165, 1.54) is 6.07 Å². The van der Waals surface area contributed by atoms with Gasteiger partial charge in [0, 0.05) is 18.8 Å². The smallest absolute Gasteiger partial charge is 0.260 e. The molecule has 2 aromatic carbocycles. The third-order valence-corrected chi connectivity index (χ3v) is 4.97. The van der Waals surface area contributed by atoms with Gasteiger partial charge in [-0.1, -0.05) is 40.9 Å². The van der Waals surface area contributed by atoms with E-state index in [1.807, 2.05) is 13.8 Å². The second-order valence-corrected chi connectivity index (χ2v) is 6.75. The number of nitrogens with one attached hydrogen (secondary N) is 1. The van der Waals surface area contributed by atoms with Gasteiger partial charge in [-0.2, -0.15) is 0 Å². The van der Waals surface area contributed by atoms with Gasteiger partial charge < -0.3 is 15.0 Å². The van der Waals surface area contributed by atoms with Crippen LogP contribution in [0.2, 0.25) is 15.1 Å². The van der Waals surface area contributed by atoms with Crippen LogP contribution in [-0.2, 0) is 4.79 Å². The molecule has 0 spiro atoms. The first kappa shape index (κ1) is 21.4. The van der Waals surface area contributed by atoms with E-state index in [0.29, 0.717) is 29.5 Å². The Morgan fingerprint density at radius 2 is 1.74 bits per heavy atom. The lowest BCUT2D eigenvalue weighted by Gasteiger charge is -2.19. The monoisotopic (exact) mass is 428 g/mol. The van der Waals surface area contributed by atoms with E-state index in [2.05, 4.69) is 5.32 Å². The molecule has 0 aromatic heterocycles. The maximum Gasteiger partial charge on any atom is 0.260 e. The molecule has 1 N–H and O–H groups in total. The quantitative estimate of drug-likeness (QED) is 0.662. The molecule has 0 radical (unpaired) electrons. The Kier molecular flexibility index (Phi) is 7.78. The molecule has 0 heterocycles.